The van der Waals surface area contributed by atoms with E-state index in [2.05, 4.69) is 10.2 Å². The van der Waals surface area contributed by atoms with Gasteiger partial charge in [0.2, 0.25) is 0 Å². The van der Waals surface area contributed by atoms with Gasteiger partial charge >= 0.3 is 5.69 Å². The molecule has 3 aromatic heterocycles. The van der Waals surface area contributed by atoms with Crippen LogP contribution in [0.15, 0.2) is 45.1 Å². The summed E-state index contributed by atoms with van der Waals surface area (Å²) in [6.07, 6.45) is 0. The lowest BCUT2D eigenvalue weighted by atomic mass is 10.1. The topological polar surface area (TPSA) is 117 Å². The Balaban J connectivity index is 1.79. The van der Waals surface area contributed by atoms with Crippen molar-refractivity contribution < 1.29 is 4.79 Å². The number of benzene rings is 1. The van der Waals surface area contributed by atoms with Gasteiger partial charge in [-0.3, -0.25) is 23.1 Å². The van der Waals surface area contributed by atoms with E-state index in [4.69, 9.17) is 5.73 Å². The number of nitrogen functional groups attached to an aromatic ring is 1. The Kier molecular flexibility index (Phi) is 4.73. The lowest BCUT2D eigenvalue weighted by Gasteiger charge is -2.14. The van der Waals surface area contributed by atoms with Crippen LogP contribution in [0.25, 0.3) is 16.6 Å². The predicted octanol–water partition coefficient (Wildman–Crippen LogP) is 1.53. The third-order valence-electron chi connectivity index (χ3n) is 5.18. The predicted molar refractivity (Wildman–Crippen MR) is 116 cm³/mol. The van der Waals surface area contributed by atoms with Gasteiger partial charge in [-0.05, 0) is 31.5 Å². The number of fused-ring (bicyclic) bond motifs is 3. The monoisotopic (exact) mass is 424 g/mol. The molecule has 0 spiro atoms. The summed E-state index contributed by atoms with van der Waals surface area (Å²) in [5.74, 6) is -0.616. The molecule has 1 atom stereocenters. The van der Waals surface area contributed by atoms with Crippen LogP contribution in [0, 0.1) is 6.92 Å². The van der Waals surface area contributed by atoms with Crippen molar-refractivity contribution in [2.24, 2.45) is 14.1 Å². The second kappa shape index (κ2) is 7.13. The molecule has 3 heterocycles. The molecule has 4 aromatic rings. The number of anilines is 1. The lowest BCUT2D eigenvalue weighted by Crippen LogP contribution is -2.42. The molecule has 0 saturated heterocycles. The molecule has 9 nitrogen and oxygen atoms in total. The molecule has 30 heavy (non-hydrogen) atoms. The number of ketones is 1. The van der Waals surface area contributed by atoms with Crippen molar-refractivity contribution in [2.45, 2.75) is 24.3 Å². The van der Waals surface area contributed by atoms with Gasteiger partial charge < -0.3 is 5.73 Å². The molecular weight excluding hydrogens is 404 g/mol. The van der Waals surface area contributed by atoms with Gasteiger partial charge in [0.25, 0.3) is 5.56 Å². The van der Waals surface area contributed by atoms with Crippen LogP contribution in [0.4, 0.5) is 5.82 Å². The van der Waals surface area contributed by atoms with Crippen molar-refractivity contribution in [3.63, 3.8) is 0 Å². The highest BCUT2D eigenvalue weighted by molar-refractivity contribution is 8.00. The van der Waals surface area contributed by atoms with Gasteiger partial charge in [0, 0.05) is 19.5 Å². The third-order valence-corrected chi connectivity index (χ3v) is 6.22. The summed E-state index contributed by atoms with van der Waals surface area (Å²) in [6, 6.07) is 9.81. The highest BCUT2D eigenvalue weighted by Crippen LogP contribution is 2.29. The SMILES string of the molecule is Cc1cc2nnc(SC(C)C(=O)c3c(N)n(C)c(=O)n(C)c3=O)n2c2ccccc12. The van der Waals surface area contributed by atoms with Crippen molar-refractivity contribution in [3.8, 4) is 0 Å². The summed E-state index contributed by atoms with van der Waals surface area (Å²) in [5, 5.41) is 9.40. The fourth-order valence-electron chi connectivity index (χ4n) is 3.46. The van der Waals surface area contributed by atoms with Gasteiger partial charge in [0.1, 0.15) is 11.4 Å². The largest absolute Gasteiger partial charge is 0.384 e. The molecule has 154 valence electrons. The van der Waals surface area contributed by atoms with Crippen LogP contribution in [0.2, 0.25) is 0 Å². The second-order valence-electron chi connectivity index (χ2n) is 7.11. The maximum absolute atomic E-state index is 13.1. The number of carbonyl (C=O) groups is 1. The molecule has 0 bridgehead atoms. The van der Waals surface area contributed by atoms with Gasteiger partial charge in [-0.1, -0.05) is 30.0 Å². The van der Waals surface area contributed by atoms with Gasteiger partial charge in [-0.2, -0.15) is 0 Å². The summed E-state index contributed by atoms with van der Waals surface area (Å²) < 4.78 is 3.86. The zero-order chi connectivity index (χ0) is 21.7. The quantitative estimate of drug-likeness (QED) is 0.390. The first kappa shape index (κ1) is 19.9. The maximum atomic E-state index is 13.1. The van der Waals surface area contributed by atoms with E-state index in [1.807, 2.05) is 41.7 Å². The van der Waals surface area contributed by atoms with Crippen LogP contribution in [0.3, 0.4) is 0 Å². The lowest BCUT2D eigenvalue weighted by molar-refractivity contribution is 0.0992. The molecule has 0 radical (unpaired) electrons. The average molecular weight is 424 g/mol. The zero-order valence-corrected chi connectivity index (χ0v) is 17.7. The standard InChI is InChI=1S/C20H20N6O3S/c1-10-9-14-22-23-19(26(14)13-8-6-5-7-12(10)13)30-11(2)16(27)15-17(21)24(3)20(29)25(4)18(15)28/h5-9,11H,21H2,1-4H3. The average Bonchev–Trinajstić information content (AvgIpc) is 3.13. The number of thioether (sulfide) groups is 1. The highest BCUT2D eigenvalue weighted by Gasteiger charge is 2.27. The van der Waals surface area contributed by atoms with E-state index in [1.54, 1.807) is 6.92 Å². The molecule has 0 aliphatic rings. The van der Waals surface area contributed by atoms with Crippen LogP contribution < -0.4 is 17.0 Å². The van der Waals surface area contributed by atoms with Gasteiger partial charge in [-0.15, -0.1) is 10.2 Å². The Hall–Kier alpha value is -3.40. The molecule has 10 heteroatoms. The fourth-order valence-corrected chi connectivity index (χ4v) is 4.38. The minimum absolute atomic E-state index is 0.146. The van der Waals surface area contributed by atoms with Crippen LogP contribution in [-0.4, -0.2) is 34.8 Å². The number of nitrogens with zero attached hydrogens (tertiary/aromatic N) is 5. The van der Waals surface area contributed by atoms with Gasteiger partial charge in [-0.25, -0.2) is 4.79 Å². The first-order valence-corrected chi connectivity index (χ1v) is 10.1. The van der Waals surface area contributed by atoms with Crippen molar-refractivity contribution in [3.05, 3.63) is 62.3 Å². The Morgan fingerprint density at radius 2 is 1.83 bits per heavy atom. The van der Waals surface area contributed by atoms with Crippen LogP contribution >= 0.6 is 11.8 Å². The zero-order valence-electron chi connectivity index (χ0n) is 16.9. The molecule has 2 N–H and O–H groups in total. The Morgan fingerprint density at radius 1 is 1.13 bits per heavy atom. The number of pyridine rings is 1. The number of Topliss-reactive ketones (excluding diaryl/α,β-unsaturated/α-hetero) is 1. The Morgan fingerprint density at radius 3 is 2.57 bits per heavy atom. The summed E-state index contributed by atoms with van der Waals surface area (Å²) in [6.45, 7) is 3.68. The van der Waals surface area contributed by atoms with Gasteiger partial charge in [0.05, 0.1) is 10.8 Å². The molecular formula is C20H20N6O3S. The van der Waals surface area contributed by atoms with Crippen molar-refractivity contribution in [1.29, 1.82) is 0 Å². The molecule has 0 saturated carbocycles. The highest BCUT2D eigenvalue weighted by atomic mass is 32.2. The van der Waals surface area contributed by atoms with Crippen molar-refractivity contribution in [2.75, 3.05) is 5.73 Å². The molecule has 0 fully saturated rings. The molecule has 1 aromatic carbocycles. The number of hydrogen-bond acceptors (Lipinski definition) is 7. The van der Waals surface area contributed by atoms with E-state index in [9.17, 15) is 14.4 Å². The number of carbonyl (C=O) groups excluding carboxylic acids is 1. The van der Waals surface area contributed by atoms with Gasteiger partial charge in [0.15, 0.2) is 16.6 Å². The fraction of sp³-hybridized carbons (Fsp3) is 0.250. The van der Waals surface area contributed by atoms with E-state index in [-0.39, 0.29) is 11.4 Å². The molecule has 4 rings (SSSR count). The van der Waals surface area contributed by atoms with Crippen molar-refractivity contribution >= 4 is 39.9 Å². The van der Waals surface area contributed by atoms with Crippen LogP contribution in [0.1, 0.15) is 22.8 Å². The minimum Gasteiger partial charge on any atom is -0.384 e. The number of aromatic nitrogens is 5. The summed E-state index contributed by atoms with van der Waals surface area (Å²) in [4.78, 5) is 37.7. The number of aryl methyl sites for hydroxylation is 1. The maximum Gasteiger partial charge on any atom is 0.332 e. The Bertz CT molecular complexity index is 1450. The number of para-hydroxylation sites is 1. The van der Waals surface area contributed by atoms with E-state index in [1.165, 1.54) is 25.9 Å². The summed E-state index contributed by atoms with van der Waals surface area (Å²) in [7, 11) is 2.74. The van der Waals surface area contributed by atoms with Crippen molar-refractivity contribution in [1.82, 2.24) is 23.7 Å². The first-order chi connectivity index (χ1) is 14.2. The second-order valence-corrected chi connectivity index (χ2v) is 8.42. The molecule has 1 unspecified atom stereocenters. The third kappa shape index (κ3) is 2.91. The van der Waals surface area contributed by atoms with E-state index in [0.717, 1.165) is 25.6 Å². The molecule has 0 amide bonds. The number of hydrogen-bond donors (Lipinski definition) is 1. The number of rotatable bonds is 4. The summed E-state index contributed by atoms with van der Waals surface area (Å²) in [5.41, 5.74) is 7.12. The molecule has 0 aliphatic heterocycles. The Labute approximate surface area is 175 Å². The summed E-state index contributed by atoms with van der Waals surface area (Å²) >= 11 is 1.19. The number of nitrogens with two attached hydrogens (primary N) is 1. The van der Waals surface area contributed by atoms with E-state index in [0.29, 0.717) is 10.8 Å². The smallest absolute Gasteiger partial charge is 0.332 e. The van der Waals surface area contributed by atoms with Crippen LogP contribution in [-0.2, 0) is 14.1 Å². The van der Waals surface area contributed by atoms with E-state index >= 15 is 0 Å². The van der Waals surface area contributed by atoms with Crippen LogP contribution in [0.5, 0.6) is 0 Å². The normalized spacial score (nSPS) is 12.5. The first-order valence-electron chi connectivity index (χ1n) is 9.22. The van der Waals surface area contributed by atoms with E-state index < -0.39 is 22.3 Å². The molecule has 0 aliphatic carbocycles. The minimum atomic E-state index is -0.708.